The fraction of sp³-hybridized carbons (Fsp3) is 0.412. The largest absolute Gasteiger partial charge is 0.495 e. The number of nitrogens with two attached hydrogens (primary N) is 1. The van der Waals surface area contributed by atoms with Crippen molar-refractivity contribution in [2.24, 2.45) is 0 Å². The number of methoxy groups -OCH3 is 1. The van der Waals surface area contributed by atoms with Crippen LogP contribution in [0.5, 0.6) is 5.75 Å². The summed E-state index contributed by atoms with van der Waals surface area (Å²) in [5.41, 5.74) is 7.15. The first-order chi connectivity index (χ1) is 12.7. The van der Waals surface area contributed by atoms with E-state index in [9.17, 15) is 4.79 Å². The standard InChI is InChI=1S/C17H23ClN6O2S/c1-9-6-12(13(26-5)7-11(9)18)20-15(25)10(2)27-8-14-21-16(19)23-17(22-14)24(3)4/h6-7,10H,8H2,1-5H3,(H,20,25)(H2,19,21,22,23). The first-order valence-corrected chi connectivity index (χ1v) is 9.58. The van der Waals surface area contributed by atoms with Crippen LogP contribution in [0.4, 0.5) is 17.6 Å². The summed E-state index contributed by atoms with van der Waals surface area (Å²) < 4.78 is 5.29. The van der Waals surface area contributed by atoms with Crippen LogP contribution in [-0.4, -0.2) is 47.3 Å². The lowest BCUT2D eigenvalue weighted by atomic mass is 10.2. The number of ether oxygens (including phenoxy) is 1. The van der Waals surface area contributed by atoms with E-state index in [1.807, 2.05) is 27.9 Å². The number of nitrogens with one attached hydrogen (secondary N) is 1. The SMILES string of the molecule is COc1cc(Cl)c(C)cc1NC(=O)C(C)SCc1nc(N)nc(N(C)C)n1. The topological polar surface area (TPSA) is 106 Å². The summed E-state index contributed by atoms with van der Waals surface area (Å²) in [7, 11) is 5.18. The maximum atomic E-state index is 12.5. The van der Waals surface area contributed by atoms with E-state index in [4.69, 9.17) is 22.1 Å². The number of benzene rings is 1. The van der Waals surface area contributed by atoms with Crippen molar-refractivity contribution in [3.8, 4) is 5.75 Å². The van der Waals surface area contributed by atoms with E-state index in [1.165, 1.54) is 18.9 Å². The van der Waals surface area contributed by atoms with Gasteiger partial charge >= 0.3 is 0 Å². The van der Waals surface area contributed by atoms with E-state index in [-0.39, 0.29) is 17.1 Å². The molecule has 1 amide bonds. The maximum absolute atomic E-state index is 12.5. The van der Waals surface area contributed by atoms with Crippen LogP contribution in [0.3, 0.4) is 0 Å². The second-order valence-corrected chi connectivity index (χ2v) is 7.78. The third kappa shape index (κ3) is 5.61. The molecule has 0 saturated heterocycles. The highest BCUT2D eigenvalue weighted by atomic mass is 35.5. The lowest BCUT2D eigenvalue weighted by Crippen LogP contribution is -2.23. The lowest BCUT2D eigenvalue weighted by molar-refractivity contribution is -0.115. The Hall–Kier alpha value is -2.26. The Morgan fingerprint density at radius 1 is 1.37 bits per heavy atom. The number of amides is 1. The molecule has 1 atom stereocenters. The van der Waals surface area contributed by atoms with Crippen molar-refractivity contribution in [2.75, 3.05) is 37.2 Å². The third-order valence-corrected chi connectivity index (χ3v) is 5.20. The van der Waals surface area contributed by atoms with Crippen molar-refractivity contribution >= 4 is 46.9 Å². The third-order valence-electron chi connectivity index (χ3n) is 3.66. The molecule has 0 saturated carbocycles. The van der Waals surface area contributed by atoms with Crippen LogP contribution in [0.1, 0.15) is 18.3 Å². The normalized spacial score (nSPS) is 11.8. The number of carbonyl (C=O) groups excluding carboxylic acids is 1. The van der Waals surface area contributed by atoms with E-state index in [2.05, 4.69) is 20.3 Å². The first-order valence-electron chi connectivity index (χ1n) is 8.15. The van der Waals surface area contributed by atoms with E-state index < -0.39 is 0 Å². The average molecular weight is 411 g/mol. The number of carbonyl (C=O) groups is 1. The number of nitrogens with zero attached hydrogens (tertiary/aromatic N) is 4. The number of thioether (sulfide) groups is 1. The summed E-state index contributed by atoms with van der Waals surface area (Å²) in [6, 6.07) is 3.47. The monoisotopic (exact) mass is 410 g/mol. The molecule has 0 spiro atoms. The van der Waals surface area contributed by atoms with Gasteiger partial charge in [0.05, 0.1) is 23.8 Å². The molecule has 1 aromatic carbocycles. The molecule has 2 aromatic rings. The van der Waals surface area contributed by atoms with Gasteiger partial charge in [0.25, 0.3) is 0 Å². The number of hydrogen-bond donors (Lipinski definition) is 2. The van der Waals surface area contributed by atoms with Gasteiger partial charge < -0.3 is 20.7 Å². The molecule has 3 N–H and O–H groups in total. The smallest absolute Gasteiger partial charge is 0.237 e. The van der Waals surface area contributed by atoms with Gasteiger partial charge in [0.2, 0.25) is 17.8 Å². The van der Waals surface area contributed by atoms with Crippen LogP contribution in [0.25, 0.3) is 0 Å². The van der Waals surface area contributed by atoms with Crippen molar-refractivity contribution in [3.63, 3.8) is 0 Å². The molecule has 0 radical (unpaired) electrons. The summed E-state index contributed by atoms with van der Waals surface area (Å²) in [6.45, 7) is 3.68. The molecule has 0 aliphatic rings. The quantitative estimate of drug-likeness (QED) is 0.717. The van der Waals surface area contributed by atoms with E-state index >= 15 is 0 Å². The number of rotatable bonds is 7. The number of aryl methyl sites for hydroxylation is 1. The number of aromatic nitrogens is 3. The number of halogens is 1. The fourth-order valence-corrected chi connectivity index (χ4v) is 3.02. The van der Waals surface area contributed by atoms with Crippen LogP contribution in [-0.2, 0) is 10.5 Å². The Morgan fingerprint density at radius 3 is 2.70 bits per heavy atom. The van der Waals surface area contributed by atoms with Gasteiger partial charge in [0, 0.05) is 25.2 Å². The molecule has 0 aliphatic heterocycles. The minimum absolute atomic E-state index is 0.155. The highest BCUT2D eigenvalue weighted by Gasteiger charge is 2.18. The molecule has 0 aliphatic carbocycles. The zero-order chi connectivity index (χ0) is 20.1. The summed E-state index contributed by atoms with van der Waals surface area (Å²) in [5.74, 6) is 1.95. The molecule has 146 valence electrons. The predicted molar refractivity (Wildman–Crippen MR) is 111 cm³/mol. The molecular weight excluding hydrogens is 388 g/mol. The summed E-state index contributed by atoms with van der Waals surface area (Å²) >= 11 is 7.50. The summed E-state index contributed by atoms with van der Waals surface area (Å²) in [5, 5.41) is 3.12. The number of anilines is 3. The van der Waals surface area contributed by atoms with Crippen LogP contribution >= 0.6 is 23.4 Å². The van der Waals surface area contributed by atoms with Crippen LogP contribution in [0.2, 0.25) is 5.02 Å². The van der Waals surface area contributed by atoms with E-state index in [0.29, 0.717) is 34.0 Å². The van der Waals surface area contributed by atoms with Crippen molar-refractivity contribution in [1.29, 1.82) is 0 Å². The predicted octanol–water partition coefficient (Wildman–Crippen LogP) is 2.75. The van der Waals surface area contributed by atoms with Gasteiger partial charge in [-0.3, -0.25) is 4.79 Å². The Bertz CT molecular complexity index is 833. The summed E-state index contributed by atoms with van der Waals surface area (Å²) in [6.07, 6.45) is 0. The molecule has 1 aromatic heterocycles. The second kappa shape index (κ2) is 9.09. The zero-order valence-corrected chi connectivity index (χ0v) is 17.5. The Morgan fingerprint density at radius 2 is 2.07 bits per heavy atom. The van der Waals surface area contributed by atoms with Crippen molar-refractivity contribution in [2.45, 2.75) is 24.9 Å². The first kappa shape index (κ1) is 21.0. The van der Waals surface area contributed by atoms with E-state index in [0.717, 1.165) is 5.56 Å². The molecule has 10 heteroatoms. The van der Waals surface area contributed by atoms with Gasteiger partial charge in [-0.25, -0.2) is 0 Å². The summed E-state index contributed by atoms with van der Waals surface area (Å²) in [4.78, 5) is 26.8. The van der Waals surface area contributed by atoms with Gasteiger partial charge in [-0.2, -0.15) is 15.0 Å². The lowest BCUT2D eigenvalue weighted by Gasteiger charge is -2.16. The number of nitrogen functional groups attached to an aromatic ring is 1. The van der Waals surface area contributed by atoms with Gasteiger partial charge in [-0.1, -0.05) is 11.6 Å². The van der Waals surface area contributed by atoms with E-state index in [1.54, 1.807) is 17.0 Å². The average Bonchev–Trinajstić information content (AvgIpc) is 2.61. The Kier molecular flexibility index (Phi) is 7.09. The Labute approximate surface area is 167 Å². The van der Waals surface area contributed by atoms with Gasteiger partial charge in [-0.05, 0) is 25.5 Å². The molecule has 8 nitrogen and oxygen atoms in total. The van der Waals surface area contributed by atoms with Crippen molar-refractivity contribution in [3.05, 3.63) is 28.5 Å². The van der Waals surface area contributed by atoms with Crippen molar-refractivity contribution in [1.82, 2.24) is 15.0 Å². The number of hydrogen-bond acceptors (Lipinski definition) is 8. The van der Waals surface area contributed by atoms with Crippen LogP contribution < -0.4 is 20.7 Å². The van der Waals surface area contributed by atoms with Crippen LogP contribution in [0, 0.1) is 6.92 Å². The van der Waals surface area contributed by atoms with Gasteiger partial charge in [0.1, 0.15) is 11.6 Å². The second-order valence-electron chi connectivity index (χ2n) is 6.05. The highest BCUT2D eigenvalue weighted by Crippen LogP contribution is 2.31. The van der Waals surface area contributed by atoms with Gasteiger partial charge in [-0.15, -0.1) is 11.8 Å². The highest BCUT2D eigenvalue weighted by molar-refractivity contribution is 7.99. The molecule has 0 bridgehead atoms. The molecule has 2 rings (SSSR count). The molecule has 1 heterocycles. The molecule has 0 fully saturated rings. The zero-order valence-electron chi connectivity index (χ0n) is 15.9. The van der Waals surface area contributed by atoms with Crippen LogP contribution in [0.15, 0.2) is 12.1 Å². The fourth-order valence-electron chi connectivity index (χ4n) is 2.13. The Balaban J connectivity index is 2.04. The van der Waals surface area contributed by atoms with Crippen molar-refractivity contribution < 1.29 is 9.53 Å². The molecule has 1 unspecified atom stereocenters. The minimum atomic E-state index is -0.341. The molecule has 27 heavy (non-hydrogen) atoms. The minimum Gasteiger partial charge on any atom is -0.495 e. The maximum Gasteiger partial charge on any atom is 0.237 e. The van der Waals surface area contributed by atoms with Gasteiger partial charge in [0.15, 0.2) is 0 Å². The molecular formula is C17H23ClN6O2S.